The highest BCUT2D eigenvalue weighted by atomic mass is 15.2. The summed E-state index contributed by atoms with van der Waals surface area (Å²) in [7, 11) is 6.62. The summed E-state index contributed by atoms with van der Waals surface area (Å²) in [5, 5.41) is 0. The summed E-state index contributed by atoms with van der Waals surface area (Å²) >= 11 is 0. The second-order valence-corrected chi connectivity index (χ2v) is 13.8. The maximum absolute atomic E-state index is 2.43. The van der Waals surface area contributed by atoms with Gasteiger partial charge in [-0.15, -0.1) is 0 Å². The summed E-state index contributed by atoms with van der Waals surface area (Å²) < 4.78 is 0. The first-order valence-electron chi connectivity index (χ1n) is 12.6. The Hall–Kier alpha value is -0.120. The molecule has 0 amide bonds. The Bertz CT molecular complexity index is 466. The Kier molecular flexibility index (Phi) is 12.3. The molecule has 1 atom stereocenters. The molecule has 3 aliphatic rings. The third-order valence-corrected chi connectivity index (χ3v) is 7.85. The predicted octanol–water partition coefficient (Wildman–Crippen LogP) is 6.59. The number of nitrogens with zero attached hydrogens (tertiary/aromatic N) is 3. The van der Waals surface area contributed by atoms with Crippen LogP contribution in [0.4, 0.5) is 0 Å². The van der Waals surface area contributed by atoms with Crippen LogP contribution < -0.4 is 0 Å². The Morgan fingerprint density at radius 3 is 1.00 bits per heavy atom. The maximum atomic E-state index is 2.43. The third-order valence-electron chi connectivity index (χ3n) is 7.85. The molecule has 31 heavy (non-hydrogen) atoms. The summed E-state index contributed by atoms with van der Waals surface area (Å²) in [6.07, 6.45) is 4.17. The lowest BCUT2D eigenvalue weighted by atomic mass is 9.75. The summed E-state index contributed by atoms with van der Waals surface area (Å²) in [5.41, 5.74) is 1.58. The molecule has 3 rings (SSSR count). The van der Waals surface area contributed by atoms with Crippen LogP contribution in [-0.2, 0) is 0 Å². The van der Waals surface area contributed by atoms with Crippen LogP contribution in [0.1, 0.15) is 89.0 Å². The zero-order chi connectivity index (χ0) is 23.3. The molecule has 1 unspecified atom stereocenters. The Morgan fingerprint density at radius 2 is 0.774 bits per heavy atom. The molecule has 3 saturated heterocycles. The molecular formula is C28H61N3. The van der Waals surface area contributed by atoms with Gasteiger partial charge in [0.2, 0.25) is 0 Å². The lowest BCUT2D eigenvalue weighted by Crippen LogP contribution is -2.49. The molecule has 0 spiro atoms. The van der Waals surface area contributed by atoms with Crippen molar-refractivity contribution in [2.45, 2.75) is 89.0 Å². The van der Waals surface area contributed by atoms with Crippen molar-refractivity contribution in [2.24, 2.45) is 34.0 Å². The van der Waals surface area contributed by atoms with Gasteiger partial charge in [0.15, 0.2) is 0 Å². The number of rotatable bonds is 0. The van der Waals surface area contributed by atoms with Gasteiger partial charge in [-0.05, 0) is 94.0 Å². The SMILES string of the molecule is C.CN1CC(C(C)(C)C)C1.CN1CCC(C(C)(C)C)C1.CN1CCC(C(C)(C)C)CC1. The quantitative estimate of drug-likeness (QED) is 0.421. The summed E-state index contributed by atoms with van der Waals surface area (Å²) in [6, 6.07) is 0. The third kappa shape index (κ3) is 11.5. The second-order valence-electron chi connectivity index (χ2n) is 13.8. The molecule has 3 heterocycles. The van der Waals surface area contributed by atoms with Crippen molar-refractivity contribution >= 4 is 0 Å². The molecule has 3 heteroatoms. The van der Waals surface area contributed by atoms with Crippen LogP contribution in [0.2, 0.25) is 0 Å². The van der Waals surface area contributed by atoms with Crippen molar-refractivity contribution in [1.29, 1.82) is 0 Å². The van der Waals surface area contributed by atoms with Crippen LogP contribution in [0, 0.1) is 34.0 Å². The van der Waals surface area contributed by atoms with Crippen LogP contribution in [0.25, 0.3) is 0 Å². The average molecular weight is 440 g/mol. The fraction of sp³-hybridized carbons (Fsp3) is 1.00. The van der Waals surface area contributed by atoms with Gasteiger partial charge in [0.05, 0.1) is 0 Å². The molecule has 3 nitrogen and oxygen atoms in total. The first-order valence-corrected chi connectivity index (χ1v) is 12.6. The van der Waals surface area contributed by atoms with Crippen molar-refractivity contribution in [2.75, 3.05) is 60.4 Å². The molecule has 3 aliphatic heterocycles. The first-order chi connectivity index (χ1) is 13.5. The van der Waals surface area contributed by atoms with Gasteiger partial charge >= 0.3 is 0 Å². The van der Waals surface area contributed by atoms with E-state index in [0.717, 1.165) is 17.8 Å². The van der Waals surface area contributed by atoms with Crippen molar-refractivity contribution < 1.29 is 0 Å². The zero-order valence-electron chi connectivity index (χ0n) is 22.9. The summed E-state index contributed by atoms with van der Waals surface area (Å²) in [5.74, 6) is 2.79. The normalized spacial score (nSPS) is 25.0. The van der Waals surface area contributed by atoms with Crippen molar-refractivity contribution in [1.82, 2.24) is 14.7 Å². The van der Waals surface area contributed by atoms with E-state index in [9.17, 15) is 0 Å². The van der Waals surface area contributed by atoms with E-state index in [0.29, 0.717) is 16.2 Å². The van der Waals surface area contributed by atoms with Gasteiger partial charge in [-0.1, -0.05) is 69.7 Å². The molecule has 0 aliphatic carbocycles. The van der Waals surface area contributed by atoms with E-state index >= 15 is 0 Å². The summed E-state index contributed by atoms with van der Waals surface area (Å²) in [6.45, 7) is 28.9. The second kappa shape index (κ2) is 12.4. The minimum absolute atomic E-state index is 0. The van der Waals surface area contributed by atoms with Crippen molar-refractivity contribution in [3.8, 4) is 0 Å². The Balaban J connectivity index is 0.000000431. The molecule has 3 fully saturated rings. The van der Waals surface area contributed by atoms with Gasteiger partial charge in [-0.25, -0.2) is 0 Å². The van der Waals surface area contributed by atoms with Crippen LogP contribution in [0.5, 0.6) is 0 Å². The molecule has 0 radical (unpaired) electrons. The maximum Gasteiger partial charge on any atom is 0.00240 e. The van der Waals surface area contributed by atoms with E-state index in [-0.39, 0.29) is 7.43 Å². The van der Waals surface area contributed by atoms with E-state index in [2.05, 4.69) is 98.2 Å². The van der Waals surface area contributed by atoms with Crippen LogP contribution >= 0.6 is 0 Å². The highest BCUT2D eigenvalue weighted by Crippen LogP contribution is 2.34. The number of hydrogen-bond acceptors (Lipinski definition) is 3. The van der Waals surface area contributed by atoms with Crippen molar-refractivity contribution in [3.05, 3.63) is 0 Å². The fourth-order valence-corrected chi connectivity index (χ4v) is 4.76. The monoisotopic (exact) mass is 439 g/mol. The molecule has 0 saturated carbocycles. The molecular weight excluding hydrogens is 378 g/mol. The highest BCUT2D eigenvalue weighted by molar-refractivity contribution is 4.86. The van der Waals surface area contributed by atoms with Crippen LogP contribution in [0.3, 0.4) is 0 Å². The lowest BCUT2D eigenvalue weighted by molar-refractivity contribution is 0.0459. The fourth-order valence-electron chi connectivity index (χ4n) is 4.76. The van der Waals surface area contributed by atoms with Gasteiger partial charge in [-0.2, -0.15) is 0 Å². The van der Waals surface area contributed by atoms with E-state index in [1.54, 1.807) is 0 Å². The Morgan fingerprint density at radius 1 is 0.452 bits per heavy atom. The summed E-state index contributed by atoms with van der Waals surface area (Å²) in [4.78, 5) is 7.23. The predicted molar refractivity (Wildman–Crippen MR) is 142 cm³/mol. The van der Waals surface area contributed by atoms with E-state index in [1.807, 2.05) is 0 Å². The van der Waals surface area contributed by atoms with E-state index < -0.39 is 0 Å². The van der Waals surface area contributed by atoms with Gasteiger partial charge in [-0.3, -0.25) is 0 Å². The van der Waals surface area contributed by atoms with Gasteiger partial charge < -0.3 is 14.7 Å². The molecule has 0 aromatic heterocycles. The molecule has 0 aromatic rings. The van der Waals surface area contributed by atoms with Gasteiger partial charge in [0.25, 0.3) is 0 Å². The topological polar surface area (TPSA) is 9.72 Å². The average Bonchev–Trinajstić information content (AvgIpc) is 2.99. The molecule has 0 bridgehead atoms. The lowest BCUT2D eigenvalue weighted by Gasteiger charge is -2.44. The minimum Gasteiger partial charge on any atom is -0.306 e. The van der Waals surface area contributed by atoms with Crippen molar-refractivity contribution in [3.63, 3.8) is 0 Å². The first kappa shape index (κ1) is 30.9. The van der Waals surface area contributed by atoms with Crippen LogP contribution in [0.15, 0.2) is 0 Å². The number of hydrogen-bond donors (Lipinski definition) is 0. The number of piperidine rings is 1. The van der Waals surface area contributed by atoms with E-state index in [4.69, 9.17) is 0 Å². The van der Waals surface area contributed by atoms with Gasteiger partial charge in [0, 0.05) is 19.6 Å². The minimum atomic E-state index is 0. The van der Waals surface area contributed by atoms with Gasteiger partial charge in [0.1, 0.15) is 0 Å². The molecule has 0 N–H and O–H groups in total. The largest absolute Gasteiger partial charge is 0.306 e. The number of likely N-dealkylation sites (tertiary alicyclic amines) is 3. The smallest absolute Gasteiger partial charge is 0.00240 e. The highest BCUT2D eigenvalue weighted by Gasteiger charge is 2.33. The molecule has 0 aromatic carbocycles. The van der Waals surface area contributed by atoms with Crippen LogP contribution in [-0.4, -0.2) is 75.1 Å². The van der Waals surface area contributed by atoms with E-state index in [1.165, 1.54) is 58.5 Å². The molecule has 188 valence electrons. The zero-order valence-corrected chi connectivity index (χ0v) is 22.9. The Labute approximate surface area is 198 Å². The standard InChI is InChI=1S/C10H21N.C9H19N.C8H17N.CH4/c1-10(2,3)9-5-7-11(4)8-6-9;1-9(2,3)8-5-6-10(4)7-8;1-8(2,3)7-5-9(4)6-7;/h9H,5-8H2,1-4H3;8H,5-7H2,1-4H3;7H,5-6H2,1-4H3;1H4.